The van der Waals surface area contributed by atoms with Crippen molar-refractivity contribution in [2.75, 3.05) is 61.5 Å². The molecule has 5 rings (SSSR count). The third kappa shape index (κ3) is 4.71. The van der Waals surface area contributed by atoms with Gasteiger partial charge in [0.15, 0.2) is 0 Å². The molecule has 1 saturated heterocycles. The van der Waals surface area contributed by atoms with Crippen molar-refractivity contribution in [2.24, 2.45) is 0 Å². The average Bonchev–Trinajstić information content (AvgIpc) is 3.29. The molecule has 0 aliphatic carbocycles. The van der Waals surface area contributed by atoms with Gasteiger partial charge >= 0.3 is 0 Å². The third-order valence-electron chi connectivity index (χ3n) is 5.61. The fourth-order valence-electron chi connectivity index (χ4n) is 3.97. The number of aliphatic hydroxyl groups excluding tert-OH is 1. The Bertz CT molecular complexity index is 1090. The number of ether oxygens (including phenoxy) is 1. The Morgan fingerprint density at radius 2 is 1.82 bits per heavy atom. The molecule has 4 N–H and O–H groups in total. The van der Waals surface area contributed by atoms with Crippen LogP contribution in [0.5, 0.6) is 0 Å². The fourth-order valence-corrected chi connectivity index (χ4v) is 4.61. The highest BCUT2D eigenvalue weighted by molar-refractivity contribution is 7.97. The second-order valence-electron chi connectivity index (χ2n) is 7.72. The summed E-state index contributed by atoms with van der Waals surface area (Å²) in [5, 5.41) is 8.94. The molecule has 0 radical (unpaired) electrons. The molecule has 1 fully saturated rings. The number of hydrogen-bond acceptors (Lipinski definition) is 11. The van der Waals surface area contributed by atoms with Gasteiger partial charge in [-0.25, -0.2) is 15.0 Å². The quantitative estimate of drug-likeness (QED) is 0.347. The molecule has 1 aromatic carbocycles. The smallest absolute Gasteiger partial charge is 0.228 e. The van der Waals surface area contributed by atoms with Gasteiger partial charge in [-0.05, 0) is 42.6 Å². The van der Waals surface area contributed by atoms with E-state index in [0.717, 1.165) is 59.3 Å². The van der Waals surface area contributed by atoms with Crippen molar-refractivity contribution in [3.63, 3.8) is 0 Å². The van der Waals surface area contributed by atoms with Crippen molar-refractivity contribution in [1.82, 2.24) is 24.7 Å². The standard InChI is InChI=1S/C22H26N8O2S/c23-21-24-13-15(14-25-21)19-18-5-7-30(16-1-3-17(4-2-16)33-26-6-10-31)20(18)28-22(27-19)29-8-11-32-12-9-29/h1-4,13-14,26,31H,5-12H2,(H2,23,24,25). The van der Waals surface area contributed by atoms with Crippen LogP contribution >= 0.6 is 11.9 Å². The van der Waals surface area contributed by atoms with Crippen LogP contribution in [0.25, 0.3) is 11.3 Å². The van der Waals surface area contributed by atoms with E-state index in [1.807, 2.05) is 0 Å². The molecule has 2 aromatic heterocycles. The van der Waals surface area contributed by atoms with Crippen LogP contribution in [0.1, 0.15) is 5.56 Å². The zero-order valence-corrected chi connectivity index (χ0v) is 19.0. The Kier molecular flexibility index (Phi) is 6.53. The van der Waals surface area contributed by atoms with Crippen LogP contribution in [0.15, 0.2) is 41.6 Å². The first-order valence-corrected chi connectivity index (χ1v) is 11.7. The van der Waals surface area contributed by atoms with E-state index < -0.39 is 0 Å². The Morgan fingerprint density at radius 3 is 2.55 bits per heavy atom. The molecule has 0 unspecified atom stereocenters. The average molecular weight is 467 g/mol. The van der Waals surface area contributed by atoms with E-state index in [2.05, 4.69) is 48.8 Å². The lowest BCUT2D eigenvalue weighted by Crippen LogP contribution is -2.37. The lowest BCUT2D eigenvalue weighted by molar-refractivity contribution is 0.122. The van der Waals surface area contributed by atoms with E-state index in [1.54, 1.807) is 12.4 Å². The number of aromatic nitrogens is 4. The van der Waals surface area contributed by atoms with Gasteiger partial charge < -0.3 is 25.4 Å². The van der Waals surface area contributed by atoms with Crippen molar-refractivity contribution in [3.05, 3.63) is 42.2 Å². The number of anilines is 4. The third-order valence-corrected chi connectivity index (χ3v) is 6.46. The summed E-state index contributed by atoms with van der Waals surface area (Å²) in [6.45, 7) is 4.30. The number of morpholine rings is 1. The zero-order valence-electron chi connectivity index (χ0n) is 18.1. The van der Waals surface area contributed by atoms with Crippen molar-refractivity contribution >= 4 is 35.3 Å². The van der Waals surface area contributed by atoms with Crippen LogP contribution < -0.4 is 20.3 Å². The Balaban J connectivity index is 1.50. The predicted molar refractivity (Wildman–Crippen MR) is 129 cm³/mol. The molecular formula is C22H26N8O2S. The Hall–Kier alpha value is -2.99. The molecule has 0 spiro atoms. The fraction of sp³-hybridized carbons (Fsp3) is 0.364. The number of fused-ring (bicyclic) bond motifs is 1. The first kappa shape index (κ1) is 21.8. The Labute approximate surface area is 196 Å². The highest BCUT2D eigenvalue weighted by Gasteiger charge is 2.29. The maximum Gasteiger partial charge on any atom is 0.228 e. The van der Waals surface area contributed by atoms with Gasteiger partial charge in [0, 0.05) is 60.3 Å². The van der Waals surface area contributed by atoms with Gasteiger partial charge in [-0.15, -0.1) is 0 Å². The van der Waals surface area contributed by atoms with Crippen LogP contribution in [-0.4, -0.2) is 71.0 Å². The van der Waals surface area contributed by atoms with E-state index in [-0.39, 0.29) is 12.6 Å². The van der Waals surface area contributed by atoms with E-state index in [4.69, 9.17) is 25.5 Å². The van der Waals surface area contributed by atoms with Gasteiger partial charge in [0.1, 0.15) is 5.82 Å². The number of nitrogens with one attached hydrogen (secondary N) is 1. The highest BCUT2D eigenvalue weighted by atomic mass is 32.2. The van der Waals surface area contributed by atoms with Gasteiger partial charge in [-0.1, -0.05) is 0 Å². The van der Waals surface area contributed by atoms with Crippen molar-refractivity contribution in [2.45, 2.75) is 11.3 Å². The van der Waals surface area contributed by atoms with Crippen molar-refractivity contribution < 1.29 is 9.84 Å². The van der Waals surface area contributed by atoms with Gasteiger partial charge in [0.25, 0.3) is 0 Å². The van der Waals surface area contributed by atoms with Gasteiger partial charge in [-0.2, -0.15) is 4.98 Å². The maximum atomic E-state index is 8.94. The molecule has 33 heavy (non-hydrogen) atoms. The molecule has 11 heteroatoms. The summed E-state index contributed by atoms with van der Waals surface area (Å²) in [4.78, 5) is 23.8. The molecule has 4 heterocycles. The first-order valence-electron chi connectivity index (χ1n) is 10.9. The molecule has 0 atom stereocenters. The van der Waals surface area contributed by atoms with Crippen LogP contribution in [0.3, 0.4) is 0 Å². The number of aliphatic hydroxyl groups is 1. The molecule has 0 amide bonds. The maximum absolute atomic E-state index is 8.94. The van der Waals surface area contributed by atoms with Crippen LogP contribution in [0, 0.1) is 0 Å². The summed E-state index contributed by atoms with van der Waals surface area (Å²) < 4.78 is 8.64. The largest absolute Gasteiger partial charge is 0.395 e. The molecule has 10 nitrogen and oxygen atoms in total. The van der Waals surface area contributed by atoms with Crippen LogP contribution in [0.2, 0.25) is 0 Å². The molecule has 2 aliphatic heterocycles. The minimum Gasteiger partial charge on any atom is -0.395 e. The predicted octanol–water partition coefficient (Wildman–Crippen LogP) is 1.64. The van der Waals surface area contributed by atoms with Crippen LogP contribution in [-0.2, 0) is 11.2 Å². The topological polar surface area (TPSA) is 126 Å². The monoisotopic (exact) mass is 466 g/mol. The minimum atomic E-state index is 0.113. The SMILES string of the molecule is Nc1ncc(-c2nc(N3CCOCC3)nc3c2CCN3c2ccc(SNCCO)cc2)cn1. The zero-order chi connectivity index (χ0) is 22.6. The lowest BCUT2D eigenvalue weighted by atomic mass is 10.1. The number of nitrogens with two attached hydrogens (primary N) is 1. The van der Waals surface area contributed by atoms with E-state index in [0.29, 0.717) is 25.7 Å². The number of hydrogen-bond donors (Lipinski definition) is 3. The summed E-state index contributed by atoms with van der Waals surface area (Å²) in [7, 11) is 0. The van der Waals surface area contributed by atoms with Gasteiger partial charge in [0.05, 0.1) is 25.5 Å². The van der Waals surface area contributed by atoms with E-state index in [9.17, 15) is 0 Å². The minimum absolute atomic E-state index is 0.113. The van der Waals surface area contributed by atoms with Crippen molar-refractivity contribution in [3.8, 4) is 11.3 Å². The van der Waals surface area contributed by atoms with E-state index in [1.165, 1.54) is 11.9 Å². The van der Waals surface area contributed by atoms with Gasteiger partial charge in [-0.3, -0.25) is 4.72 Å². The summed E-state index contributed by atoms with van der Waals surface area (Å²) in [6, 6.07) is 8.34. The lowest BCUT2D eigenvalue weighted by Gasteiger charge is -2.28. The summed E-state index contributed by atoms with van der Waals surface area (Å²) in [6.07, 6.45) is 4.27. The van der Waals surface area contributed by atoms with Crippen LogP contribution in [0.4, 0.5) is 23.4 Å². The van der Waals surface area contributed by atoms with Crippen molar-refractivity contribution in [1.29, 1.82) is 0 Å². The second kappa shape index (κ2) is 9.87. The molecule has 172 valence electrons. The first-order chi connectivity index (χ1) is 16.2. The summed E-state index contributed by atoms with van der Waals surface area (Å²) in [5.41, 5.74) is 9.56. The molecular weight excluding hydrogens is 440 g/mol. The number of benzene rings is 1. The number of rotatable bonds is 7. The normalized spacial score (nSPS) is 15.7. The van der Waals surface area contributed by atoms with E-state index >= 15 is 0 Å². The molecule has 3 aromatic rings. The second-order valence-corrected chi connectivity index (χ2v) is 8.68. The molecule has 0 bridgehead atoms. The van der Waals surface area contributed by atoms with Gasteiger partial charge in [0.2, 0.25) is 11.9 Å². The number of nitrogens with zero attached hydrogens (tertiary/aromatic N) is 6. The number of nitrogen functional groups attached to an aromatic ring is 1. The summed E-state index contributed by atoms with van der Waals surface area (Å²) >= 11 is 1.51. The Morgan fingerprint density at radius 1 is 1.06 bits per heavy atom. The summed E-state index contributed by atoms with van der Waals surface area (Å²) in [5.74, 6) is 1.85. The molecule has 2 aliphatic rings. The molecule has 0 saturated carbocycles. The highest BCUT2D eigenvalue weighted by Crippen LogP contribution is 2.39.